The fourth-order valence-corrected chi connectivity index (χ4v) is 3.14. The standard InChI is InChI=1S/C17H17F2N3O4S/c1-2-21-27(25,26)13-6-3-11(4-7-13)17(24)20-10-16(23)22-12-5-8-14(18)15(19)9-12/h3-9,21H,2,10H2,1H3,(H,20,24)(H,22,23). The highest BCUT2D eigenvalue weighted by atomic mass is 32.2. The molecule has 0 aliphatic heterocycles. The van der Waals surface area contributed by atoms with Crippen molar-refractivity contribution in [3.05, 3.63) is 59.7 Å². The Kier molecular flexibility index (Phi) is 6.59. The molecule has 0 fully saturated rings. The molecule has 2 aromatic carbocycles. The van der Waals surface area contributed by atoms with Gasteiger partial charge in [0, 0.05) is 23.9 Å². The van der Waals surface area contributed by atoms with E-state index in [9.17, 15) is 26.8 Å². The van der Waals surface area contributed by atoms with Crippen LogP contribution in [-0.2, 0) is 14.8 Å². The van der Waals surface area contributed by atoms with Gasteiger partial charge in [-0.2, -0.15) is 0 Å². The van der Waals surface area contributed by atoms with E-state index >= 15 is 0 Å². The molecule has 0 saturated heterocycles. The van der Waals surface area contributed by atoms with Crippen molar-refractivity contribution < 1.29 is 26.8 Å². The average molecular weight is 397 g/mol. The smallest absolute Gasteiger partial charge is 0.251 e. The first-order valence-corrected chi connectivity index (χ1v) is 9.34. The monoisotopic (exact) mass is 397 g/mol. The Bertz CT molecular complexity index is 947. The molecule has 0 aromatic heterocycles. The van der Waals surface area contributed by atoms with Gasteiger partial charge in [-0.05, 0) is 36.4 Å². The van der Waals surface area contributed by atoms with E-state index in [1.165, 1.54) is 30.3 Å². The van der Waals surface area contributed by atoms with Gasteiger partial charge in [0.05, 0.1) is 11.4 Å². The molecule has 2 rings (SSSR count). The number of benzene rings is 2. The van der Waals surface area contributed by atoms with E-state index in [-0.39, 0.29) is 22.7 Å². The van der Waals surface area contributed by atoms with Gasteiger partial charge in [-0.1, -0.05) is 6.92 Å². The van der Waals surface area contributed by atoms with Crippen LogP contribution in [-0.4, -0.2) is 33.3 Å². The lowest BCUT2D eigenvalue weighted by Gasteiger charge is -2.08. The van der Waals surface area contributed by atoms with E-state index in [1.807, 2.05) is 0 Å². The summed E-state index contributed by atoms with van der Waals surface area (Å²) in [6.45, 7) is 1.47. The first-order valence-electron chi connectivity index (χ1n) is 7.85. The second-order valence-electron chi connectivity index (χ2n) is 5.39. The summed E-state index contributed by atoms with van der Waals surface area (Å²) >= 11 is 0. The Morgan fingerprint density at radius 1 is 1.00 bits per heavy atom. The molecule has 0 radical (unpaired) electrons. The summed E-state index contributed by atoms with van der Waals surface area (Å²) in [7, 11) is -3.62. The number of nitrogens with one attached hydrogen (secondary N) is 3. The molecule has 0 spiro atoms. The van der Waals surface area contributed by atoms with Crippen molar-refractivity contribution in [3.63, 3.8) is 0 Å². The van der Waals surface area contributed by atoms with Gasteiger partial charge < -0.3 is 10.6 Å². The maximum absolute atomic E-state index is 13.1. The van der Waals surface area contributed by atoms with Gasteiger partial charge in [0.2, 0.25) is 15.9 Å². The SMILES string of the molecule is CCNS(=O)(=O)c1ccc(C(=O)NCC(=O)Nc2ccc(F)c(F)c2)cc1. The molecule has 144 valence electrons. The molecule has 7 nitrogen and oxygen atoms in total. The van der Waals surface area contributed by atoms with Crippen LogP contribution in [0, 0.1) is 11.6 Å². The number of sulfonamides is 1. The maximum atomic E-state index is 13.1. The molecular formula is C17H17F2N3O4S. The number of carbonyl (C=O) groups is 2. The van der Waals surface area contributed by atoms with Gasteiger partial charge in [-0.25, -0.2) is 21.9 Å². The summed E-state index contributed by atoms with van der Waals surface area (Å²) in [5.74, 6) is -3.38. The lowest BCUT2D eigenvalue weighted by Crippen LogP contribution is -2.33. The van der Waals surface area contributed by atoms with Crippen molar-refractivity contribution in [2.45, 2.75) is 11.8 Å². The van der Waals surface area contributed by atoms with E-state index in [4.69, 9.17) is 0 Å². The van der Waals surface area contributed by atoms with Crippen molar-refractivity contribution in [1.82, 2.24) is 10.0 Å². The third-order valence-electron chi connectivity index (χ3n) is 3.37. The average Bonchev–Trinajstić information content (AvgIpc) is 2.63. The Morgan fingerprint density at radius 3 is 2.26 bits per heavy atom. The fourth-order valence-electron chi connectivity index (χ4n) is 2.10. The molecule has 0 bridgehead atoms. The van der Waals surface area contributed by atoms with Crippen molar-refractivity contribution in [1.29, 1.82) is 0 Å². The lowest BCUT2D eigenvalue weighted by atomic mass is 10.2. The normalized spacial score (nSPS) is 11.1. The zero-order valence-electron chi connectivity index (χ0n) is 14.3. The number of rotatable bonds is 7. The van der Waals surface area contributed by atoms with Crippen molar-refractivity contribution in [2.24, 2.45) is 0 Å². The largest absolute Gasteiger partial charge is 0.343 e. The number of halogens is 2. The number of hydrogen-bond acceptors (Lipinski definition) is 4. The first kappa shape index (κ1) is 20.5. The Balaban J connectivity index is 1.93. The Labute approximate surface area is 154 Å². The van der Waals surface area contributed by atoms with E-state index in [0.29, 0.717) is 0 Å². The Morgan fingerprint density at radius 2 is 1.67 bits per heavy atom. The molecule has 2 amide bonds. The summed E-state index contributed by atoms with van der Waals surface area (Å²) < 4.78 is 51.9. The zero-order chi connectivity index (χ0) is 20.0. The Hall–Kier alpha value is -2.85. The molecule has 3 N–H and O–H groups in total. The second kappa shape index (κ2) is 8.69. The predicted octanol–water partition coefficient (Wildman–Crippen LogP) is 1.63. The molecular weight excluding hydrogens is 380 g/mol. The van der Waals surface area contributed by atoms with Gasteiger partial charge in [0.15, 0.2) is 11.6 Å². The minimum atomic E-state index is -3.62. The van der Waals surface area contributed by atoms with E-state index in [0.717, 1.165) is 12.1 Å². The minimum Gasteiger partial charge on any atom is -0.343 e. The van der Waals surface area contributed by atoms with Crippen molar-refractivity contribution in [2.75, 3.05) is 18.4 Å². The predicted molar refractivity (Wildman–Crippen MR) is 94.6 cm³/mol. The second-order valence-corrected chi connectivity index (χ2v) is 7.15. The maximum Gasteiger partial charge on any atom is 0.251 e. The number of carbonyl (C=O) groups excluding carboxylic acids is 2. The van der Waals surface area contributed by atoms with Crippen LogP contribution in [0.1, 0.15) is 17.3 Å². The van der Waals surface area contributed by atoms with Crippen LogP contribution in [0.25, 0.3) is 0 Å². The highest BCUT2D eigenvalue weighted by Gasteiger charge is 2.14. The molecule has 27 heavy (non-hydrogen) atoms. The summed E-state index contributed by atoms with van der Waals surface area (Å²) in [4.78, 5) is 23.8. The van der Waals surface area contributed by atoms with Crippen LogP contribution in [0.3, 0.4) is 0 Å². The first-order chi connectivity index (χ1) is 12.7. The zero-order valence-corrected chi connectivity index (χ0v) is 15.1. The third kappa shape index (κ3) is 5.56. The van der Waals surface area contributed by atoms with Crippen molar-refractivity contribution in [3.8, 4) is 0 Å². The van der Waals surface area contributed by atoms with Crippen LogP contribution < -0.4 is 15.4 Å². The van der Waals surface area contributed by atoms with Crippen LogP contribution in [0.5, 0.6) is 0 Å². The van der Waals surface area contributed by atoms with Gasteiger partial charge in [-0.3, -0.25) is 9.59 Å². The molecule has 0 atom stereocenters. The van der Waals surface area contributed by atoms with E-state index in [1.54, 1.807) is 6.92 Å². The minimum absolute atomic E-state index is 0.0111. The summed E-state index contributed by atoms with van der Waals surface area (Å²) in [5, 5.41) is 4.66. The molecule has 0 heterocycles. The van der Waals surface area contributed by atoms with Gasteiger partial charge in [-0.15, -0.1) is 0 Å². The molecule has 0 aliphatic rings. The lowest BCUT2D eigenvalue weighted by molar-refractivity contribution is -0.115. The van der Waals surface area contributed by atoms with Crippen molar-refractivity contribution >= 4 is 27.5 Å². The summed E-state index contributed by atoms with van der Waals surface area (Å²) in [6, 6.07) is 8.04. The van der Waals surface area contributed by atoms with Crippen LogP contribution in [0.4, 0.5) is 14.5 Å². The summed E-state index contributed by atoms with van der Waals surface area (Å²) in [5.41, 5.74) is 0.206. The number of anilines is 1. The van der Waals surface area contributed by atoms with E-state index < -0.39 is 40.0 Å². The van der Waals surface area contributed by atoms with Crippen LogP contribution in [0.2, 0.25) is 0 Å². The highest BCUT2D eigenvalue weighted by Crippen LogP contribution is 2.13. The fraction of sp³-hybridized carbons (Fsp3) is 0.176. The van der Waals surface area contributed by atoms with Gasteiger partial charge >= 0.3 is 0 Å². The summed E-state index contributed by atoms with van der Waals surface area (Å²) in [6.07, 6.45) is 0. The molecule has 0 unspecified atom stereocenters. The van der Waals surface area contributed by atoms with E-state index in [2.05, 4.69) is 15.4 Å². The van der Waals surface area contributed by atoms with Gasteiger partial charge in [0.1, 0.15) is 0 Å². The number of amides is 2. The molecule has 2 aromatic rings. The van der Waals surface area contributed by atoms with Gasteiger partial charge in [0.25, 0.3) is 5.91 Å². The number of hydrogen-bond donors (Lipinski definition) is 3. The highest BCUT2D eigenvalue weighted by molar-refractivity contribution is 7.89. The quantitative estimate of drug-likeness (QED) is 0.661. The third-order valence-corrected chi connectivity index (χ3v) is 4.94. The molecule has 0 aliphatic carbocycles. The topological polar surface area (TPSA) is 104 Å². The van der Waals surface area contributed by atoms with Crippen LogP contribution in [0.15, 0.2) is 47.4 Å². The molecule has 0 saturated carbocycles. The molecule has 10 heteroatoms. The van der Waals surface area contributed by atoms with Crippen LogP contribution >= 0.6 is 0 Å².